The zero-order chi connectivity index (χ0) is 13.3. The second kappa shape index (κ2) is 4.91. The van der Waals surface area contributed by atoms with Crippen molar-refractivity contribution in [3.05, 3.63) is 44.8 Å². The highest BCUT2D eigenvalue weighted by atomic mass is 16.3. The molecule has 0 aromatic carbocycles. The van der Waals surface area contributed by atoms with Gasteiger partial charge < -0.3 is 10.2 Å². The molecule has 0 aliphatic heterocycles. The Balaban J connectivity index is 2.17. The van der Waals surface area contributed by atoms with Crippen LogP contribution in [0.25, 0.3) is 0 Å². The van der Waals surface area contributed by atoms with E-state index in [1.165, 1.54) is 10.8 Å². The minimum atomic E-state index is -0.806. The number of aromatic nitrogens is 2. The summed E-state index contributed by atoms with van der Waals surface area (Å²) in [5, 5.41) is 18.4. The molecule has 1 aromatic heterocycles. The largest absolute Gasteiger partial charge is 0.394 e. The Morgan fingerprint density at radius 1 is 1.44 bits per heavy atom. The van der Waals surface area contributed by atoms with Gasteiger partial charge in [0.25, 0.3) is 5.56 Å². The molecule has 0 saturated heterocycles. The molecule has 0 unspecified atom stereocenters. The highest BCUT2D eigenvalue weighted by molar-refractivity contribution is 5.12. The standard InChI is InChI=1S/C12H16N2O4/c1-7-4-14(12(18)13-11(7)17)5-8-2-3-9(8)10(16)6-15/h2-4,8-10,15-16H,5-6H2,1H3,(H,13,17,18)/t8-,9-,10+/m0/s1. The van der Waals surface area contributed by atoms with Crippen LogP contribution in [0.3, 0.4) is 0 Å². The van der Waals surface area contributed by atoms with Gasteiger partial charge in [0.2, 0.25) is 0 Å². The van der Waals surface area contributed by atoms with Crippen molar-refractivity contribution in [2.24, 2.45) is 11.8 Å². The van der Waals surface area contributed by atoms with Crippen molar-refractivity contribution >= 4 is 0 Å². The zero-order valence-corrected chi connectivity index (χ0v) is 10.0. The van der Waals surface area contributed by atoms with Crippen molar-refractivity contribution in [1.82, 2.24) is 9.55 Å². The van der Waals surface area contributed by atoms with E-state index >= 15 is 0 Å². The molecular weight excluding hydrogens is 236 g/mol. The fraction of sp³-hybridized carbons (Fsp3) is 0.500. The van der Waals surface area contributed by atoms with Gasteiger partial charge in [-0.25, -0.2) is 4.79 Å². The van der Waals surface area contributed by atoms with Crippen molar-refractivity contribution in [3.63, 3.8) is 0 Å². The maximum Gasteiger partial charge on any atom is 0.328 e. The number of hydrogen-bond acceptors (Lipinski definition) is 4. The molecule has 0 bridgehead atoms. The Bertz CT molecular complexity index is 572. The van der Waals surface area contributed by atoms with Gasteiger partial charge in [0.15, 0.2) is 0 Å². The van der Waals surface area contributed by atoms with E-state index in [4.69, 9.17) is 5.11 Å². The van der Waals surface area contributed by atoms with E-state index in [9.17, 15) is 14.7 Å². The summed E-state index contributed by atoms with van der Waals surface area (Å²) < 4.78 is 1.42. The molecule has 98 valence electrons. The van der Waals surface area contributed by atoms with Crippen LogP contribution in [-0.4, -0.2) is 32.5 Å². The van der Waals surface area contributed by atoms with Crippen LogP contribution >= 0.6 is 0 Å². The van der Waals surface area contributed by atoms with E-state index in [0.717, 1.165) is 0 Å². The van der Waals surface area contributed by atoms with E-state index in [1.807, 2.05) is 12.2 Å². The molecular formula is C12H16N2O4. The normalized spacial score (nSPS) is 23.7. The molecule has 0 radical (unpaired) electrons. The highest BCUT2D eigenvalue weighted by Crippen LogP contribution is 2.29. The first-order chi connectivity index (χ1) is 8.52. The second-order valence-electron chi connectivity index (χ2n) is 4.60. The molecule has 0 fully saturated rings. The monoisotopic (exact) mass is 252 g/mol. The SMILES string of the molecule is Cc1cn(C[C@@H]2C=C[C@@H]2[C@H](O)CO)c(=O)[nH]c1=O. The number of aliphatic hydroxyl groups is 2. The summed E-state index contributed by atoms with van der Waals surface area (Å²) >= 11 is 0. The zero-order valence-electron chi connectivity index (χ0n) is 10.0. The average molecular weight is 252 g/mol. The molecule has 6 heteroatoms. The number of aliphatic hydroxyl groups excluding tert-OH is 2. The second-order valence-corrected chi connectivity index (χ2v) is 4.60. The molecule has 18 heavy (non-hydrogen) atoms. The number of rotatable bonds is 4. The van der Waals surface area contributed by atoms with Crippen molar-refractivity contribution in [3.8, 4) is 0 Å². The molecule has 3 atom stereocenters. The highest BCUT2D eigenvalue weighted by Gasteiger charge is 2.30. The Morgan fingerprint density at radius 2 is 2.17 bits per heavy atom. The van der Waals surface area contributed by atoms with Gasteiger partial charge in [-0.1, -0.05) is 12.2 Å². The summed E-state index contributed by atoms with van der Waals surface area (Å²) in [4.78, 5) is 25.0. The minimum Gasteiger partial charge on any atom is -0.394 e. The van der Waals surface area contributed by atoms with Gasteiger partial charge in [-0.3, -0.25) is 14.3 Å². The lowest BCUT2D eigenvalue weighted by molar-refractivity contribution is 0.0383. The predicted molar refractivity (Wildman–Crippen MR) is 65.3 cm³/mol. The van der Waals surface area contributed by atoms with Gasteiger partial charge in [-0.2, -0.15) is 0 Å². The third-order valence-electron chi connectivity index (χ3n) is 3.30. The van der Waals surface area contributed by atoms with Gasteiger partial charge in [0.1, 0.15) is 0 Å². The summed E-state index contributed by atoms with van der Waals surface area (Å²) in [5.74, 6) is -0.149. The van der Waals surface area contributed by atoms with Crippen molar-refractivity contribution in [2.75, 3.05) is 6.61 Å². The number of nitrogens with one attached hydrogen (secondary N) is 1. The van der Waals surface area contributed by atoms with Crippen molar-refractivity contribution in [2.45, 2.75) is 19.6 Å². The number of allylic oxidation sites excluding steroid dienone is 1. The minimum absolute atomic E-state index is 0.00449. The summed E-state index contributed by atoms with van der Waals surface area (Å²) in [6.45, 7) is 1.71. The fourth-order valence-electron chi connectivity index (χ4n) is 2.10. The van der Waals surface area contributed by atoms with E-state index < -0.39 is 11.8 Å². The molecule has 1 aliphatic rings. The van der Waals surface area contributed by atoms with Gasteiger partial charge >= 0.3 is 5.69 Å². The third-order valence-corrected chi connectivity index (χ3v) is 3.30. The van der Waals surface area contributed by atoms with Crippen LogP contribution in [0.15, 0.2) is 27.9 Å². The fourth-order valence-corrected chi connectivity index (χ4v) is 2.10. The molecule has 0 saturated carbocycles. The number of H-pyrrole nitrogens is 1. The number of nitrogens with zero attached hydrogens (tertiary/aromatic N) is 1. The molecule has 0 spiro atoms. The molecule has 2 rings (SSSR count). The summed E-state index contributed by atoms with van der Waals surface area (Å²) in [6, 6.07) is 0. The molecule has 1 aliphatic carbocycles. The lowest BCUT2D eigenvalue weighted by atomic mass is 9.78. The first-order valence-electron chi connectivity index (χ1n) is 5.80. The summed E-state index contributed by atoms with van der Waals surface area (Å²) in [6.07, 6.45) is 4.40. The van der Waals surface area contributed by atoms with Gasteiger partial charge in [-0.05, 0) is 6.92 Å². The van der Waals surface area contributed by atoms with Gasteiger partial charge in [0.05, 0.1) is 12.7 Å². The van der Waals surface area contributed by atoms with Crippen molar-refractivity contribution < 1.29 is 10.2 Å². The molecule has 3 N–H and O–H groups in total. The van der Waals surface area contributed by atoms with E-state index in [2.05, 4.69) is 4.98 Å². The maximum absolute atomic E-state index is 11.6. The molecule has 1 heterocycles. The van der Waals surface area contributed by atoms with Crippen LogP contribution < -0.4 is 11.2 Å². The maximum atomic E-state index is 11.6. The molecule has 1 aromatic rings. The van der Waals surface area contributed by atoms with Gasteiger partial charge in [0, 0.05) is 30.1 Å². The van der Waals surface area contributed by atoms with Crippen LogP contribution in [0.5, 0.6) is 0 Å². The quantitative estimate of drug-likeness (QED) is 0.599. The van der Waals surface area contributed by atoms with Crippen LogP contribution in [0.2, 0.25) is 0 Å². The summed E-state index contributed by atoms with van der Waals surface area (Å²) in [5.41, 5.74) is -0.368. The lowest BCUT2D eigenvalue weighted by Gasteiger charge is -2.32. The van der Waals surface area contributed by atoms with Crippen LogP contribution in [0.4, 0.5) is 0 Å². The van der Waals surface area contributed by atoms with Crippen LogP contribution in [0.1, 0.15) is 5.56 Å². The Labute approximate surface area is 103 Å². The van der Waals surface area contributed by atoms with Crippen molar-refractivity contribution in [1.29, 1.82) is 0 Å². The number of aromatic amines is 1. The van der Waals surface area contributed by atoms with E-state index in [1.54, 1.807) is 6.92 Å². The molecule has 0 amide bonds. The number of aryl methyl sites for hydroxylation is 1. The lowest BCUT2D eigenvalue weighted by Crippen LogP contribution is -2.39. The van der Waals surface area contributed by atoms with E-state index in [0.29, 0.717) is 12.1 Å². The number of hydrogen-bond donors (Lipinski definition) is 3. The first kappa shape index (κ1) is 12.8. The van der Waals surface area contributed by atoms with Crippen LogP contribution in [-0.2, 0) is 6.54 Å². The first-order valence-corrected chi connectivity index (χ1v) is 5.80. The smallest absolute Gasteiger partial charge is 0.328 e. The Hall–Kier alpha value is -1.66. The van der Waals surface area contributed by atoms with Gasteiger partial charge in [-0.15, -0.1) is 0 Å². The van der Waals surface area contributed by atoms with E-state index in [-0.39, 0.29) is 24.0 Å². The average Bonchev–Trinajstić information content (AvgIpc) is 2.30. The third kappa shape index (κ3) is 2.30. The summed E-state index contributed by atoms with van der Waals surface area (Å²) in [7, 11) is 0. The Kier molecular flexibility index (Phi) is 3.49. The topological polar surface area (TPSA) is 95.3 Å². The predicted octanol–water partition coefficient (Wildman–Crippen LogP) is -1.000. The van der Waals surface area contributed by atoms with Crippen LogP contribution in [0, 0.1) is 18.8 Å². The molecule has 6 nitrogen and oxygen atoms in total. The Morgan fingerprint density at radius 3 is 2.72 bits per heavy atom.